The van der Waals surface area contributed by atoms with Crippen molar-refractivity contribution in [1.29, 1.82) is 0 Å². The van der Waals surface area contributed by atoms with E-state index in [0.29, 0.717) is 12.5 Å². The number of imide groups is 2. The number of urea groups is 1. The van der Waals surface area contributed by atoms with E-state index in [9.17, 15) is 14.4 Å². The highest BCUT2D eigenvalue weighted by Gasteiger charge is 2.53. The predicted molar refractivity (Wildman–Crippen MR) is 69.3 cm³/mol. The van der Waals surface area contributed by atoms with Gasteiger partial charge >= 0.3 is 6.03 Å². The van der Waals surface area contributed by atoms with Crippen LogP contribution in [-0.4, -0.2) is 30.6 Å². The molecule has 19 heavy (non-hydrogen) atoms. The summed E-state index contributed by atoms with van der Waals surface area (Å²) < 4.78 is 5.63. The first-order valence-electron chi connectivity index (χ1n) is 6.63. The van der Waals surface area contributed by atoms with Gasteiger partial charge in [-0.2, -0.15) is 0 Å². The minimum absolute atomic E-state index is 0.279. The molecule has 1 unspecified atom stereocenters. The molecule has 1 atom stereocenters. The molecule has 6 heteroatoms. The van der Waals surface area contributed by atoms with Gasteiger partial charge in [-0.15, -0.1) is 0 Å². The third kappa shape index (κ3) is 3.12. The highest BCUT2D eigenvalue weighted by Crippen LogP contribution is 2.31. The molecule has 1 aliphatic rings. The van der Waals surface area contributed by atoms with Gasteiger partial charge in [0, 0.05) is 6.61 Å². The monoisotopic (exact) mass is 270 g/mol. The molecule has 0 bridgehead atoms. The summed E-state index contributed by atoms with van der Waals surface area (Å²) in [5.41, 5.74) is -1.33. The van der Waals surface area contributed by atoms with Crippen LogP contribution in [0.3, 0.4) is 0 Å². The van der Waals surface area contributed by atoms with Gasteiger partial charge in [-0.05, 0) is 25.7 Å². The lowest BCUT2D eigenvalue weighted by Crippen LogP contribution is -2.66. The molecule has 6 nitrogen and oxygen atoms in total. The lowest BCUT2D eigenvalue weighted by Gasteiger charge is -2.37. The van der Waals surface area contributed by atoms with Crippen molar-refractivity contribution in [3.8, 4) is 0 Å². The zero-order valence-electron chi connectivity index (χ0n) is 11.9. The largest absolute Gasteiger partial charge is 0.377 e. The number of hydrogen-bond acceptors (Lipinski definition) is 4. The molecule has 0 aliphatic carbocycles. The molecule has 0 aromatic carbocycles. The second-order valence-electron chi connectivity index (χ2n) is 5.26. The Morgan fingerprint density at radius 3 is 2.05 bits per heavy atom. The first-order valence-corrected chi connectivity index (χ1v) is 6.63. The van der Waals surface area contributed by atoms with Crippen LogP contribution in [0.1, 0.15) is 40.5 Å². The Kier molecular flexibility index (Phi) is 5.05. The van der Waals surface area contributed by atoms with E-state index in [0.717, 1.165) is 6.42 Å². The highest BCUT2D eigenvalue weighted by atomic mass is 16.5. The topological polar surface area (TPSA) is 84.5 Å². The van der Waals surface area contributed by atoms with E-state index in [-0.39, 0.29) is 6.42 Å². The molecule has 0 aromatic rings. The summed E-state index contributed by atoms with van der Waals surface area (Å²) in [6, 6.07) is -0.770. The van der Waals surface area contributed by atoms with E-state index in [4.69, 9.17) is 4.74 Å². The van der Waals surface area contributed by atoms with Gasteiger partial charge in [0.15, 0.2) is 5.41 Å². The van der Waals surface area contributed by atoms with Crippen LogP contribution in [0, 0.1) is 11.3 Å². The summed E-state index contributed by atoms with van der Waals surface area (Å²) in [6.07, 6.45) is 0.553. The Bertz CT molecular complexity index is 359. The zero-order chi connectivity index (χ0) is 14.6. The Hall–Kier alpha value is -1.43. The maximum atomic E-state index is 12.0. The fraction of sp³-hybridized carbons (Fsp3) is 0.769. The molecule has 1 heterocycles. The zero-order valence-corrected chi connectivity index (χ0v) is 11.9. The molecular formula is C13H22N2O4. The summed E-state index contributed by atoms with van der Waals surface area (Å²) in [6.45, 7) is 8.05. The minimum Gasteiger partial charge on any atom is -0.377 e. The van der Waals surface area contributed by atoms with Crippen molar-refractivity contribution in [3.63, 3.8) is 0 Å². The van der Waals surface area contributed by atoms with Crippen molar-refractivity contribution in [2.75, 3.05) is 6.61 Å². The normalized spacial score (nSPS) is 20.2. The first-order chi connectivity index (χ1) is 8.84. The summed E-state index contributed by atoms with van der Waals surface area (Å²) in [5.74, 6) is -0.679. The third-order valence-electron chi connectivity index (χ3n) is 3.58. The van der Waals surface area contributed by atoms with Crippen molar-refractivity contribution in [1.82, 2.24) is 10.6 Å². The average Bonchev–Trinajstić information content (AvgIpc) is 2.28. The van der Waals surface area contributed by atoms with Crippen molar-refractivity contribution >= 4 is 17.8 Å². The molecule has 4 amide bonds. The molecular weight excluding hydrogens is 248 g/mol. The predicted octanol–water partition coefficient (Wildman–Crippen LogP) is 1.20. The Morgan fingerprint density at radius 2 is 1.63 bits per heavy atom. The van der Waals surface area contributed by atoms with Gasteiger partial charge in [-0.3, -0.25) is 20.2 Å². The number of carbonyl (C=O) groups is 3. The molecule has 2 N–H and O–H groups in total. The number of hydrogen-bond donors (Lipinski definition) is 2. The van der Waals surface area contributed by atoms with Gasteiger partial charge in [0.1, 0.15) is 0 Å². The van der Waals surface area contributed by atoms with Crippen LogP contribution in [-0.2, 0) is 14.3 Å². The second kappa shape index (κ2) is 6.14. The number of barbiturate groups is 1. The summed E-state index contributed by atoms with van der Waals surface area (Å²) in [4.78, 5) is 35.2. The Labute approximate surface area is 113 Å². The molecule has 108 valence electrons. The lowest BCUT2D eigenvalue weighted by atomic mass is 9.77. The lowest BCUT2D eigenvalue weighted by molar-refractivity contribution is -0.155. The maximum absolute atomic E-state index is 12.0. The molecule has 0 radical (unpaired) electrons. The van der Waals surface area contributed by atoms with Crippen molar-refractivity contribution in [2.45, 2.75) is 46.6 Å². The van der Waals surface area contributed by atoms with E-state index in [2.05, 4.69) is 24.5 Å². The molecule has 1 fully saturated rings. The van der Waals surface area contributed by atoms with E-state index in [1.54, 1.807) is 13.8 Å². The van der Waals surface area contributed by atoms with Gasteiger partial charge in [-0.25, -0.2) is 4.79 Å². The molecule has 1 saturated heterocycles. The van der Waals surface area contributed by atoms with Crippen LogP contribution in [0.2, 0.25) is 0 Å². The fourth-order valence-electron chi connectivity index (χ4n) is 2.16. The second-order valence-corrected chi connectivity index (χ2v) is 5.26. The molecule has 0 saturated carbocycles. The van der Waals surface area contributed by atoms with Crippen molar-refractivity contribution in [2.24, 2.45) is 11.3 Å². The number of rotatable bonds is 6. The van der Waals surface area contributed by atoms with Crippen LogP contribution in [0.5, 0.6) is 0 Å². The maximum Gasteiger partial charge on any atom is 0.328 e. The van der Waals surface area contributed by atoms with E-state index >= 15 is 0 Å². The highest BCUT2D eigenvalue weighted by molar-refractivity contribution is 6.19. The summed E-state index contributed by atoms with van der Waals surface area (Å²) >= 11 is 0. The third-order valence-corrected chi connectivity index (χ3v) is 3.58. The molecule has 1 rings (SSSR count). The number of carbonyl (C=O) groups excluding carboxylic acids is 3. The van der Waals surface area contributed by atoms with E-state index in [1.165, 1.54) is 0 Å². The molecule has 0 aromatic heterocycles. The van der Waals surface area contributed by atoms with Crippen LogP contribution >= 0.6 is 0 Å². The number of nitrogens with one attached hydrogen (secondary N) is 2. The van der Waals surface area contributed by atoms with E-state index in [1.807, 2.05) is 0 Å². The van der Waals surface area contributed by atoms with Gasteiger partial charge in [-0.1, -0.05) is 20.8 Å². The first kappa shape index (κ1) is 15.6. The summed E-state index contributed by atoms with van der Waals surface area (Å²) in [5, 5.41) is 4.28. The van der Waals surface area contributed by atoms with Crippen LogP contribution < -0.4 is 10.6 Å². The van der Waals surface area contributed by atoms with Gasteiger partial charge in [0.05, 0.1) is 6.10 Å². The Morgan fingerprint density at radius 1 is 1.11 bits per heavy atom. The van der Waals surface area contributed by atoms with Gasteiger partial charge in [0.2, 0.25) is 11.8 Å². The minimum atomic E-state index is -1.33. The Balaban J connectivity index is 2.80. The van der Waals surface area contributed by atoms with Crippen molar-refractivity contribution in [3.05, 3.63) is 0 Å². The van der Waals surface area contributed by atoms with Crippen LogP contribution in [0.25, 0.3) is 0 Å². The standard InChI is InChI=1S/C13H22N2O4/c1-5-13(9(4)19-7-6-8(2)3)10(16)14-12(18)15-11(13)17/h8-9H,5-7H2,1-4H3,(H2,14,15,16,17,18). The summed E-state index contributed by atoms with van der Waals surface area (Å²) in [7, 11) is 0. The average molecular weight is 270 g/mol. The number of amides is 4. The van der Waals surface area contributed by atoms with Gasteiger partial charge in [0.25, 0.3) is 0 Å². The van der Waals surface area contributed by atoms with Crippen LogP contribution in [0.15, 0.2) is 0 Å². The quantitative estimate of drug-likeness (QED) is 0.710. The van der Waals surface area contributed by atoms with Gasteiger partial charge < -0.3 is 4.74 Å². The van der Waals surface area contributed by atoms with Crippen molar-refractivity contribution < 1.29 is 19.1 Å². The fourth-order valence-corrected chi connectivity index (χ4v) is 2.16. The van der Waals surface area contributed by atoms with E-state index < -0.39 is 29.4 Å². The van der Waals surface area contributed by atoms with Crippen LogP contribution in [0.4, 0.5) is 4.79 Å². The molecule has 1 aliphatic heterocycles. The smallest absolute Gasteiger partial charge is 0.328 e. The SMILES string of the molecule is CCC1(C(C)OCCC(C)C)C(=O)NC(=O)NC1=O. The molecule has 0 spiro atoms. The number of ether oxygens (including phenoxy) is 1.